The van der Waals surface area contributed by atoms with Gasteiger partial charge in [-0.05, 0) is 68.1 Å². The fourth-order valence-corrected chi connectivity index (χ4v) is 3.75. The van der Waals surface area contributed by atoms with Gasteiger partial charge >= 0.3 is 5.97 Å². The fraction of sp³-hybridized carbons (Fsp3) is 0.476. The summed E-state index contributed by atoms with van der Waals surface area (Å²) in [7, 11) is 0. The molecule has 0 amide bonds. The molecule has 3 heteroatoms. The van der Waals surface area contributed by atoms with E-state index in [1.54, 1.807) is 0 Å². The van der Waals surface area contributed by atoms with Crippen molar-refractivity contribution >= 4 is 16.7 Å². The van der Waals surface area contributed by atoms with Crippen LogP contribution in [-0.4, -0.2) is 37.1 Å². The quantitative estimate of drug-likeness (QED) is 0.739. The van der Waals surface area contributed by atoms with Gasteiger partial charge in [0.15, 0.2) is 0 Å². The van der Waals surface area contributed by atoms with Gasteiger partial charge in [0.1, 0.15) is 0 Å². The summed E-state index contributed by atoms with van der Waals surface area (Å²) in [5.41, 5.74) is 1.50. The second kappa shape index (κ2) is 8.29. The van der Waals surface area contributed by atoms with Crippen molar-refractivity contribution in [1.29, 1.82) is 0 Å². The largest absolute Gasteiger partial charge is 0.466 e. The molecule has 2 aromatic rings. The Balaban J connectivity index is 1.52. The van der Waals surface area contributed by atoms with Crippen molar-refractivity contribution in [1.82, 2.24) is 4.90 Å². The number of benzene rings is 2. The SMILES string of the molecule is CCOC(=O)CCCN1CCC(c2cccc3ccccc23)CC1. The smallest absolute Gasteiger partial charge is 0.305 e. The van der Waals surface area contributed by atoms with E-state index in [1.807, 2.05) is 6.92 Å². The number of hydrogen-bond donors (Lipinski definition) is 0. The van der Waals surface area contributed by atoms with E-state index >= 15 is 0 Å². The van der Waals surface area contributed by atoms with E-state index in [9.17, 15) is 4.79 Å². The van der Waals surface area contributed by atoms with Gasteiger partial charge in [-0.3, -0.25) is 4.79 Å². The average molecular weight is 325 g/mol. The molecule has 1 fully saturated rings. The monoisotopic (exact) mass is 325 g/mol. The summed E-state index contributed by atoms with van der Waals surface area (Å²) < 4.78 is 4.99. The minimum absolute atomic E-state index is 0.0665. The third kappa shape index (κ3) is 4.15. The van der Waals surface area contributed by atoms with Gasteiger partial charge in [0.2, 0.25) is 0 Å². The second-order valence-electron chi connectivity index (χ2n) is 6.59. The summed E-state index contributed by atoms with van der Waals surface area (Å²) in [5.74, 6) is 0.584. The Kier molecular flexibility index (Phi) is 5.86. The highest BCUT2D eigenvalue weighted by Gasteiger charge is 2.21. The lowest BCUT2D eigenvalue weighted by atomic mass is 9.86. The van der Waals surface area contributed by atoms with Gasteiger partial charge < -0.3 is 9.64 Å². The van der Waals surface area contributed by atoms with E-state index in [0.717, 1.165) is 26.1 Å². The molecule has 0 N–H and O–H groups in total. The molecule has 128 valence electrons. The number of likely N-dealkylation sites (tertiary alicyclic amines) is 1. The Morgan fingerprint density at radius 1 is 1.12 bits per heavy atom. The zero-order valence-electron chi connectivity index (χ0n) is 14.5. The van der Waals surface area contributed by atoms with E-state index in [4.69, 9.17) is 4.74 Å². The normalized spacial score (nSPS) is 16.4. The predicted molar refractivity (Wildman–Crippen MR) is 98.2 cm³/mol. The first kappa shape index (κ1) is 17.0. The lowest BCUT2D eigenvalue weighted by molar-refractivity contribution is -0.143. The molecule has 2 aromatic carbocycles. The molecule has 0 aliphatic carbocycles. The first-order chi connectivity index (χ1) is 11.8. The lowest BCUT2D eigenvalue weighted by Gasteiger charge is -2.32. The second-order valence-corrected chi connectivity index (χ2v) is 6.59. The molecule has 3 nitrogen and oxygen atoms in total. The van der Waals surface area contributed by atoms with Crippen LogP contribution in [0.15, 0.2) is 42.5 Å². The van der Waals surface area contributed by atoms with E-state index < -0.39 is 0 Å². The summed E-state index contributed by atoms with van der Waals surface area (Å²) in [6.45, 7) is 5.58. The van der Waals surface area contributed by atoms with Crippen molar-refractivity contribution in [3.8, 4) is 0 Å². The lowest BCUT2D eigenvalue weighted by Crippen LogP contribution is -2.34. The molecule has 0 radical (unpaired) electrons. The third-order valence-corrected chi connectivity index (χ3v) is 5.01. The van der Waals surface area contributed by atoms with Crippen LogP contribution in [0.25, 0.3) is 10.8 Å². The molecular weight excluding hydrogens is 298 g/mol. The van der Waals surface area contributed by atoms with Crippen molar-refractivity contribution in [2.75, 3.05) is 26.2 Å². The van der Waals surface area contributed by atoms with E-state index in [-0.39, 0.29) is 5.97 Å². The molecule has 3 rings (SSSR count). The fourth-order valence-electron chi connectivity index (χ4n) is 3.75. The molecule has 1 heterocycles. The van der Waals surface area contributed by atoms with E-state index in [0.29, 0.717) is 18.9 Å². The van der Waals surface area contributed by atoms with E-state index in [2.05, 4.69) is 47.4 Å². The minimum atomic E-state index is -0.0665. The maximum atomic E-state index is 11.4. The highest BCUT2D eigenvalue weighted by Crippen LogP contribution is 2.33. The predicted octanol–water partition coefficient (Wildman–Crippen LogP) is 4.36. The van der Waals surface area contributed by atoms with Crippen LogP contribution in [0.5, 0.6) is 0 Å². The number of fused-ring (bicyclic) bond motifs is 1. The summed E-state index contributed by atoms with van der Waals surface area (Å²) in [4.78, 5) is 13.9. The van der Waals surface area contributed by atoms with Crippen LogP contribution in [0.4, 0.5) is 0 Å². The number of rotatable bonds is 6. The van der Waals surface area contributed by atoms with Gasteiger partial charge in [0.05, 0.1) is 6.61 Å². The Labute approximate surface area is 144 Å². The van der Waals surface area contributed by atoms with Crippen LogP contribution in [0.2, 0.25) is 0 Å². The number of ether oxygens (including phenoxy) is 1. The number of nitrogens with zero attached hydrogens (tertiary/aromatic N) is 1. The highest BCUT2D eigenvalue weighted by molar-refractivity contribution is 5.86. The summed E-state index contributed by atoms with van der Waals surface area (Å²) >= 11 is 0. The Hall–Kier alpha value is -1.87. The van der Waals surface area contributed by atoms with Crippen molar-refractivity contribution in [2.45, 2.75) is 38.5 Å². The van der Waals surface area contributed by atoms with Gasteiger partial charge in [-0.15, -0.1) is 0 Å². The molecule has 24 heavy (non-hydrogen) atoms. The molecule has 0 aromatic heterocycles. The number of carbonyl (C=O) groups excluding carboxylic acids is 1. The number of piperidine rings is 1. The molecule has 0 saturated carbocycles. The topological polar surface area (TPSA) is 29.5 Å². The Bertz CT molecular complexity index is 669. The zero-order chi connectivity index (χ0) is 16.8. The highest BCUT2D eigenvalue weighted by atomic mass is 16.5. The van der Waals surface area contributed by atoms with E-state index in [1.165, 1.54) is 29.2 Å². The van der Waals surface area contributed by atoms with Gasteiger partial charge in [0, 0.05) is 6.42 Å². The standard InChI is InChI=1S/C21H27NO2/c1-2-24-21(23)11-6-14-22-15-12-18(13-16-22)20-10-5-8-17-7-3-4-9-19(17)20/h3-5,7-10,18H,2,6,11-16H2,1H3. The van der Waals surface area contributed by atoms with Crippen LogP contribution in [0, 0.1) is 0 Å². The van der Waals surface area contributed by atoms with Gasteiger partial charge in [-0.2, -0.15) is 0 Å². The molecule has 1 aliphatic rings. The molecule has 0 bridgehead atoms. The van der Waals surface area contributed by atoms with Crippen LogP contribution in [0.1, 0.15) is 44.1 Å². The molecule has 0 atom stereocenters. The summed E-state index contributed by atoms with van der Waals surface area (Å²) in [6.07, 6.45) is 3.84. The molecule has 1 saturated heterocycles. The molecule has 1 aliphatic heterocycles. The zero-order valence-corrected chi connectivity index (χ0v) is 14.5. The van der Waals surface area contributed by atoms with Crippen LogP contribution in [-0.2, 0) is 9.53 Å². The number of esters is 1. The molecule has 0 unspecified atom stereocenters. The first-order valence-corrected chi connectivity index (χ1v) is 9.13. The van der Waals surface area contributed by atoms with Crippen molar-refractivity contribution < 1.29 is 9.53 Å². The van der Waals surface area contributed by atoms with Gasteiger partial charge in [0.25, 0.3) is 0 Å². The summed E-state index contributed by atoms with van der Waals surface area (Å²) in [6, 6.07) is 15.4. The number of carbonyl (C=O) groups is 1. The Morgan fingerprint density at radius 3 is 2.67 bits per heavy atom. The molecule has 0 spiro atoms. The van der Waals surface area contributed by atoms with Crippen LogP contribution < -0.4 is 0 Å². The maximum Gasteiger partial charge on any atom is 0.305 e. The maximum absolute atomic E-state index is 11.4. The van der Waals surface area contributed by atoms with Crippen molar-refractivity contribution in [3.05, 3.63) is 48.0 Å². The third-order valence-electron chi connectivity index (χ3n) is 5.01. The van der Waals surface area contributed by atoms with Crippen molar-refractivity contribution in [2.24, 2.45) is 0 Å². The summed E-state index contributed by atoms with van der Waals surface area (Å²) in [5, 5.41) is 2.74. The van der Waals surface area contributed by atoms with Crippen molar-refractivity contribution in [3.63, 3.8) is 0 Å². The van der Waals surface area contributed by atoms with Crippen LogP contribution in [0.3, 0.4) is 0 Å². The number of hydrogen-bond acceptors (Lipinski definition) is 3. The average Bonchev–Trinajstić information content (AvgIpc) is 2.62. The van der Waals surface area contributed by atoms with Gasteiger partial charge in [-0.1, -0.05) is 42.5 Å². The van der Waals surface area contributed by atoms with Crippen LogP contribution >= 0.6 is 0 Å². The minimum Gasteiger partial charge on any atom is -0.466 e. The molecular formula is C21H27NO2. The Morgan fingerprint density at radius 2 is 1.88 bits per heavy atom. The van der Waals surface area contributed by atoms with Gasteiger partial charge in [-0.25, -0.2) is 0 Å². The first-order valence-electron chi connectivity index (χ1n) is 9.13.